The smallest absolute Gasteiger partial charge is 0.196 e. The molecule has 0 unspecified atom stereocenters. The molecule has 0 spiro atoms. The highest BCUT2D eigenvalue weighted by Gasteiger charge is 2.12. The van der Waals surface area contributed by atoms with Gasteiger partial charge < -0.3 is 14.5 Å². The summed E-state index contributed by atoms with van der Waals surface area (Å²) in [5.74, 6) is 1.59. The zero-order valence-corrected chi connectivity index (χ0v) is 13.3. The summed E-state index contributed by atoms with van der Waals surface area (Å²) in [6.45, 7) is 0.746. The minimum Gasteiger partial charge on any atom is -0.497 e. The van der Waals surface area contributed by atoms with E-state index in [0.717, 1.165) is 41.0 Å². The second kappa shape index (κ2) is 6.20. The van der Waals surface area contributed by atoms with Crippen LogP contribution in [0, 0.1) is 0 Å². The molecular weight excluding hydrogens is 302 g/mol. The summed E-state index contributed by atoms with van der Waals surface area (Å²) in [4.78, 5) is 8.68. The minimum atomic E-state index is 0.698. The lowest BCUT2D eigenvalue weighted by Crippen LogP contribution is -2.06. The number of nitrogens with zero attached hydrogens (tertiary/aromatic N) is 2. The zero-order valence-electron chi connectivity index (χ0n) is 13.3. The Morgan fingerprint density at radius 1 is 1.08 bits per heavy atom. The van der Waals surface area contributed by atoms with Crippen molar-refractivity contribution in [1.82, 2.24) is 9.97 Å². The fourth-order valence-corrected chi connectivity index (χ4v) is 2.80. The molecule has 5 heteroatoms. The van der Waals surface area contributed by atoms with E-state index in [9.17, 15) is 0 Å². The molecule has 24 heavy (non-hydrogen) atoms. The van der Waals surface area contributed by atoms with Crippen LogP contribution in [0.2, 0.25) is 0 Å². The van der Waals surface area contributed by atoms with Crippen LogP contribution in [-0.4, -0.2) is 23.6 Å². The molecule has 0 amide bonds. The molecule has 2 aromatic heterocycles. The fraction of sp³-hybridized carbons (Fsp3) is 0.158. The number of hydrogen-bond donors (Lipinski definition) is 1. The molecule has 0 bridgehead atoms. The van der Waals surface area contributed by atoms with Gasteiger partial charge in [-0.1, -0.05) is 24.3 Å². The highest BCUT2D eigenvalue weighted by atomic mass is 16.5. The molecule has 0 fully saturated rings. The van der Waals surface area contributed by atoms with Gasteiger partial charge in [-0.05, 0) is 36.2 Å². The predicted octanol–water partition coefficient (Wildman–Crippen LogP) is 4.04. The van der Waals surface area contributed by atoms with Crippen LogP contribution in [0.3, 0.4) is 0 Å². The van der Waals surface area contributed by atoms with Crippen molar-refractivity contribution < 1.29 is 9.15 Å². The van der Waals surface area contributed by atoms with Crippen molar-refractivity contribution in [3.63, 3.8) is 0 Å². The van der Waals surface area contributed by atoms with Crippen LogP contribution < -0.4 is 10.1 Å². The van der Waals surface area contributed by atoms with Gasteiger partial charge in [0, 0.05) is 11.9 Å². The van der Waals surface area contributed by atoms with Crippen molar-refractivity contribution in [2.24, 2.45) is 0 Å². The van der Waals surface area contributed by atoms with E-state index in [4.69, 9.17) is 9.15 Å². The molecule has 0 atom stereocenters. The van der Waals surface area contributed by atoms with Gasteiger partial charge >= 0.3 is 0 Å². The first-order chi connectivity index (χ1) is 11.8. The van der Waals surface area contributed by atoms with E-state index in [1.807, 2.05) is 42.5 Å². The third-order valence-electron chi connectivity index (χ3n) is 4.00. The van der Waals surface area contributed by atoms with E-state index in [2.05, 4.69) is 21.4 Å². The average molecular weight is 319 g/mol. The van der Waals surface area contributed by atoms with E-state index < -0.39 is 0 Å². The molecule has 4 rings (SSSR count). The van der Waals surface area contributed by atoms with Crippen molar-refractivity contribution in [2.75, 3.05) is 19.0 Å². The van der Waals surface area contributed by atoms with Crippen LogP contribution in [0.1, 0.15) is 5.56 Å². The van der Waals surface area contributed by atoms with Gasteiger partial charge in [-0.15, -0.1) is 0 Å². The molecule has 1 N–H and O–H groups in total. The summed E-state index contributed by atoms with van der Waals surface area (Å²) < 4.78 is 11.2. The number of benzene rings is 2. The van der Waals surface area contributed by atoms with Crippen LogP contribution in [-0.2, 0) is 6.42 Å². The molecular formula is C19H17N3O2. The van der Waals surface area contributed by atoms with Gasteiger partial charge in [0.1, 0.15) is 23.2 Å². The summed E-state index contributed by atoms with van der Waals surface area (Å²) >= 11 is 0. The Labute approximate surface area is 139 Å². The van der Waals surface area contributed by atoms with Gasteiger partial charge in [-0.25, -0.2) is 9.97 Å². The number of hydrogen-bond acceptors (Lipinski definition) is 5. The van der Waals surface area contributed by atoms with Gasteiger partial charge in [-0.2, -0.15) is 0 Å². The Hall–Kier alpha value is -3.08. The number of nitrogens with one attached hydrogen (secondary N) is 1. The second-order valence-corrected chi connectivity index (χ2v) is 5.53. The largest absolute Gasteiger partial charge is 0.497 e. The van der Waals surface area contributed by atoms with Gasteiger partial charge in [0.05, 0.1) is 7.11 Å². The number of rotatable bonds is 5. The summed E-state index contributed by atoms with van der Waals surface area (Å²) in [5, 5.41) is 4.35. The van der Waals surface area contributed by atoms with Gasteiger partial charge in [0.15, 0.2) is 11.4 Å². The van der Waals surface area contributed by atoms with Crippen molar-refractivity contribution >= 4 is 27.9 Å². The first-order valence-electron chi connectivity index (χ1n) is 7.84. The summed E-state index contributed by atoms with van der Waals surface area (Å²) in [6, 6.07) is 15.9. The maximum Gasteiger partial charge on any atom is 0.196 e. The molecule has 2 aromatic carbocycles. The Morgan fingerprint density at radius 3 is 2.92 bits per heavy atom. The van der Waals surface area contributed by atoms with Gasteiger partial charge in [0.25, 0.3) is 0 Å². The molecule has 2 heterocycles. The molecule has 0 aliphatic heterocycles. The monoisotopic (exact) mass is 319 g/mol. The van der Waals surface area contributed by atoms with E-state index in [1.165, 1.54) is 5.56 Å². The van der Waals surface area contributed by atoms with E-state index in [1.54, 1.807) is 13.4 Å². The summed E-state index contributed by atoms with van der Waals surface area (Å²) in [7, 11) is 1.68. The number of methoxy groups -OCH3 is 1. The van der Waals surface area contributed by atoms with Gasteiger partial charge in [0.2, 0.25) is 0 Å². The molecule has 0 aliphatic carbocycles. The molecule has 0 radical (unpaired) electrons. The Bertz CT molecular complexity index is 994. The molecule has 0 saturated heterocycles. The second-order valence-electron chi connectivity index (χ2n) is 5.53. The topological polar surface area (TPSA) is 60.2 Å². The highest BCUT2D eigenvalue weighted by molar-refractivity contribution is 6.05. The van der Waals surface area contributed by atoms with Crippen LogP contribution in [0.15, 0.2) is 59.3 Å². The lowest BCUT2D eigenvalue weighted by molar-refractivity contribution is 0.414. The summed E-state index contributed by atoms with van der Waals surface area (Å²) in [6.07, 6.45) is 2.43. The number of ether oxygens (including phenoxy) is 1. The SMILES string of the molecule is COc1cccc(CCNc2ncnc3c2oc2ccccc23)c1. The molecule has 0 aliphatic rings. The number of furan rings is 1. The van der Waals surface area contributed by atoms with Crippen molar-refractivity contribution in [2.45, 2.75) is 6.42 Å². The summed E-state index contributed by atoms with van der Waals surface area (Å²) in [5.41, 5.74) is 3.56. The standard InChI is InChI=1S/C19H17N3O2/c1-23-14-6-4-5-13(11-14)9-10-20-19-18-17(21-12-22-19)15-7-2-3-8-16(15)24-18/h2-8,11-12H,9-10H2,1H3,(H,20,21,22). The number of para-hydroxylation sites is 1. The lowest BCUT2D eigenvalue weighted by Gasteiger charge is -2.07. The number of fused-ring (bicyclic) bond motifs is 3. The van der Waals surface area contributed by atoms with E-state index in [-0.39, 0.29) is 0 Å². The van der Waals surface area contributed by atoms with Crippen LogP contribution >= 0.6 is 0 Å². The Kier molecular flexibility index (Phi) is 3.75. The molecule has 120 valence electrons. The third kappa shape index (κ3) is 2.65. The van der Waals surface area contributed by atoms with E-state index >= 15 is 0 Å². The molecule has 4 aromatic rings. The highest BCUT2D eigenvalue weighted by Crippen LogP contribution is 2.30. The number of aromatic nitrogens is 2. The van der Waals surface area contributed by atoms with Crippen molar-refractivity contribution in [1.29, 1.82) is 0 Å². The van der Waals surface area contributed by atoms with Crippen molar-refractivity contribution in [3.8, 4) is 5.75 Å². The normalized spacial score (nSPS) is 11.0. The van der Waals surface area contributed by atoms with Crippen LogP contribution in [0.25, 0.3) is 22.1 Å². The molecule has 0 saturated carbocycles. The van der Waals surface area contributed by atoms with E-state index in [0.29, 0.717) is 5.58 Å². The Morgan fingerprint density at radius 2 is 2.00 bits per heavy atom. The fourth-order valence-electron chi connectivity index (χ4n) is 2.80. The predicted molar refractivity (Wildman–Crippen MR) is 94.5 cm³/mol. The number of anilines is 1. The average Bonchev–Trinajstić information content (AvgIpc) is 3.02. The maximum atomic E-state index is 5.92. The quantitative estimate of drug-likeness (QED) is 0.601. The molecule has 5 nitrogen and oxygen atoms in total. The van der Waals surface area contributed by atoms with Crippen LogP contribution in [0.4, 0.5) is 5.82 Å². The van der Waals surface area contributed by atoms with Crippen molar-refractivity contribution in [3.05, 3.63) is 60.4 Å². The third-order valence-corrected chi connectivity index (χ3v) is 4.00. The first kappa shape index (κ1) is 14.5. The maximum absolute atomic E-state index is 5.92. The minimum absolute atomic E-state index is 0.698. The zero-order chi connectivity index (χ0) is 16.4. The van der Waals surface area contributed by atoms with Crippen LogP contribution in [0.5, 0.6) is 5.75 Å². The van der Waals surface area contributed by atoms with Gasteiger partial charge in [-0.3, -0.25) is 0 Å². The first-order valence-corrected chi connectivity index (χ1v) is 7.84. The Balaban J connectivity index is 1.56. The lowest BCUT2D eigenvalue weighted by atomic mass is 10.1.